The summed E-state index contributed by atoms with van der Waals surface area (Å²) in [5.41, 5.74) is 1.15. The molecule has 0 radical (unpaired) electrons. The number of rotatable bonds is 2. The van der Waals surface area contributed by atoms with Gasteiger partial charge >= 0.3 is 0 Å². The van der Waals surface area contributed by atoms with Gasteiger partial charge in [-0.3, -0.25) is 9.78 Å². The van der Waals surface area contributed by atoms with Crippen LogP contribution in [0.15, 0.2) is 24.4 Å². The standard InChI is InChI=1S/C7H8BrN.C2H4O2/c8-5-4-7-3-1-2-6-9-7;1-2(3)4/h1-3,6H,4-5H2;1H3,(H,3,4). The van der Waals surface area contributed by atoms with Crippen LogP contribution in [0.3, 0.4) is 0 Å². The Morgan fingerprint density at radius 3 is 2.62 bits per heavy atom. The van der Waals surface area contributed by atoms with Gasteiger partial charge in [-0.1, -0.05) is 22.0 Å². The summed E-state index contributed by atoms with van der Waals surface area (Å²) < 4.78 is 0. The van der Waals surface area contributed by atoms with E-state index >= 15 is 0 Å². The lowest BCUT2D eigenvalue weighted by Gasteiger charge is -1.91. The molecule has 0 amide bonds. The fourth-order valence-corrected chi connectivity index (χ4v) is 1.05. The highest BCUT2D eigenvalue weighted by Gasteiger charge is 1.87. The van der Waals surface area contributed by atoms with Crippen molar-refractivity contribution in [2.45, 2.75) is 13.3 Å². The molecule has 0 unspecified atom stereocenters. The molecule has 0 atom stereocenters. The van der Waals surface area contributed by atoms with Crippen LogP contribution in [0.25, 0.3) is 0 Å². The third kappa shape index (κ3) is 9.01. The van der Waals surface area contributed by atoms with Gasteiger partial charge in [0.1, 0.15) is 0 Å². The van der Waals surface area contributed by atoms with Crippen molar-refractivity contribution < 1.29 is 9.90 Å². The Labute approximate surface area is 85.9 Å². The number of hydrogen-bond donors (Lipinski definition) is 1. The first kappa shape index (κ1) is 12.1. The van der Waals surface area contributed by atoms with Gasteiger partial charge in [0.2, 0.25) is 0 Å². The molecule has 0 saturated heterocycles. The number of alkyl halides is 1. The lowest BCUT2D eigenvalue weighted by Crippen LogP contribution is -1.87. The van der Waals surface area contributed by atoms with E-state index in [1.165, 1.54) is 0 Å². The number of halogens is 1. The molecule has 0 aromatic carbocycles. The van der Waals surface area contributed by atoms with Crippen LogP contribution in [-0.4, -0.2) is 21.4 Å². The molecule has 3 nitrogen and oxygen atoms in total. The van der Waals surface area contributed by atoms with E-state index in [0.29, 0.717) is 0 Å². The summed E-state index contributed by atoms with van der Waals surface area (Å²) in [6, 6.07) is 5.96. The van der Waals surface area contributed by atoms with Crippen molar-refractivity contribution in [3.05, 3.63) is 30.1 Å². The van der Waals surface area contributed by atoms with E-state index < -0.39 is 5.97 Å². The van der Waals surface area contributed by atoms with Crippen molar-refractivity contribution in [3.63, 3.8) is 0 Å². The van der Waals surface area contributed by atoms with Gasteiger partial charge in [0, 0.05) is 24.1 Å². The highest BCUT2D eigenvalue weighted by atomic mass is 79.9. The maximum atomic E-state index is 9.00. The predicted molar refractivity (Wildman–Crippen MR) is 55.0 cm³/mol. The number of hydrogen-bond acceptors (Lipinski definition) is 2. The topological polar surface area (TPSA) is 50.2 Å². The Bertz CT molecular complexity index is 235. The Kier molecular flexibility index (Phi) is 7.20. The van der Waals surface area contributed by atoms with E-state index in [2.05, 4.69) is 20.9 Å². The van der Waals surface area contributed by atoms with E-state index in [0.717, 1.165) is 24.4 Å². The van der Waals surface area contributed by atoms with Gasteiger partial charge in [0.05, 0.1) is 0 Å². The molecule has 1 N–H and O–H groups in total. The Balaban J connectivity index is 0.000000310. The van der Waals surface area contributed by atoms with Crippen molar-refractivity contribution in [1.29, 1.82) is 0 Å². The number of carboxylic acids is 1. The fourth-order valence-electron chi connectivity index (χ4n) is 0.643. The van der Waals surface area contributed by atoms with Crippen molar-refractivity contribution in [2.75, 3.05) is 5.33 Å². The first-order valence-corrected chi connectivity index (χ1v) is 4.94. The third-order valence-electron chi connectivity index (χ3n) is 1.08. The van der Waals surface area contributed by atoms with Gasteiger partial charge in [-0.25, -0.2) is 0 Å². The molecule has 0 spiro atoms. The largest absolute Gasteiger partial charge is 0.481 e. The second-order valence-corrected chi connectivity index (χ2v) is 3.07. The molecule has 0 aliphatic heterocycles. The monoisotopic (exact) mass is 245 g/mol. The number of aryl methyl sites for hydroxylation is 1. The summed E-state index contributed by atoms with van der Waals surface area (Å²) in [6.45, 7) is 1.08. The highest BCUT2D eigenvalue weighted by molar-refractivity contribution is 9.09. The summed E-state index contributed by atoms with van der Waals surface area (Å²) >= 11 is 3.35. The zero-order valence-electron chi connectivity index (χ0n) is 7.40. The minimum atomic E-state index is -0.833. The summed E-state index contributed by atoms with van der Waals surface area (Å²) in [5.74, 6) is -0.833. The maximum Gasteiger partial charge on any atom is 0.300 e. The summed E-state index contributed by atoms with van der Waals surface area (Å²) in [4.78, 5) is 13.1. The molecule has 1 aromatic heterocycles. The summed E-state index contributed by atoms with van der Waals surface area (Å²) in [6.07, 6.45) is 2.83. The molecule has 0 saturated carbocycles. The molecule has 1 aromatic rings. The van der Waals surface area contributed by atoms with Gasteiger partial charge in [-0.15, -0.1) is 0 Å². The number of pyridine rings is 1. The van der Waals surface area contributed by atoms with Crippen molar-refractivity contribution in [3.8, 4) is 0 Å². The van der Waals surface area contributed by atoms with Gasteiger partial charge in [0.15, 0.2) is 0 Å². The highest BCUT2D eigenvalue weighted by Crippen LogP contribution is 1.95. The maximum absolute atomic E-state index is 9.00. The normalized spacial score (nSPS) is 8.46. The van der Waals surface area contributed by atoms with Crippen LogP contribution in [0.5, 0.6) is 0 Å². The average molecular weight is 246 g/mol. The van der Waals surface area contributed by atoms with Gasteiger partial charge in [-0.05, 0) is 18.6 Å². The Hall–Kier alpha value is -0.900. The molecule has 13 heavy (non-hydrogen) atoms. The molecule has 1 heterocycles. The minimum absolute atomic E-state index is 0.833. The number of nitrogens with zero attached hydrogens (tertiary/aromatic N) is 1. The van der Waals surface area contributed by atoms with Crippen molar-refractivity contribution in [1.82, 2.24) is 4.98 Å². The second-order valence-electron chi connectivity index (χ2n) is 2.28. The minimum Gasteiger partial charge on any atom is -0.481 e. The lowest BCUT2D eigenvalue weighted by atomic mass is 10.3. The third-order valence-corrected chi connectivity index (χ3v) is 1.47. The molecule has 1 rings (SSSR count). The van der Waals surface area contributed by atoms with Crippen LogP contribution in [0, 0.1) is 0 Å². The van der Waals surface area contributed by atoms with Crippen molar-refractivity contribution in [2.24, 2.45) is 0 Å². The SMILES string of the molecule is BrCCc1ccccn1.CC(=O)O. The molecular formula is C9H12BrNO2. The fraction of sp³-hybridized carbons (Fsp3) is 0.333. The molecule has 4 heteroatoms. The Morgan fingerprint density at radius 1 is 1.62 bits per heavy atom. The predicted octanol–water partition coefficient (Wildman–Crippen LogP) is 2.11. The molecule has 0 aliphatic rings. The summed E-state index contributed by atoms with van der Waals surface area (Å²) in [5, 5.41) is 8.41. The van der Waals surface area contributed by atoms with Gasteiger partial charge < -0.3 is 5.11 Å². The van der Waals surface area contributed by atoms with Crippen molar-refractivity contribution >= 4 is 21.9 Å². The number of carboxylic acid groups (broad SMARTS) is 1. The van der Waals surface area contributed by atoms with Gasteiger partial charge in [0.25, 0.3) is 5.97 Å². The van der Waals surface area contributed by atoms with E-state index in [1.54, 1.807) is 0 Å². The van der Waals surface area contributed by atoms with Crippen LogP contribution in [0.2, 0.25) is 0 Å². The van der Waals surface area contributed by atoms with E-state index in [-0.39, 0.29) is 0 Å². The molecule has 0 bridgehead atoms. The quantitative estimate of drug-likeness (QED) is 0.813. The first-order valence-electron chi connectivity index (χ1n) is 3.82. The lowest BCUT2D eigenvalue weighted by molar-refractivity contribution is -0.134. The number of aliphatic carboxylic acids is 1. The molecular weight excluding hydrogens is 234 g/mol. The summed E-state index contributed by atoms with van der Waals surface area (Å²) in [7, 11) is 0. The Morgan fingerprint density at radius 2 is 2.23 bits per heavy atom. The van der Waals surface area contributed by atoms with Crippen LogP contribution in [0.4, 0.5) is 0 Å². The van der Waals surface area contributed by atoms with E-state index in [4.69, 9.17) is 9.90 Å². The zero-order valence-corrected chi connectivity index (χ0v) is 8.99. The molecule has 0 fully saturated rings. The molecule has 72 valence electrons. The zero-order chi connectivity index (χ0) is 10.1. The molecule has 0 aliphatic carbocycles. The van der Waals surface area contributed by atoms with Crippen LogP contribution >= 0.6 is 15.9 Å². The van der Waals surface area contributed by atoms with Gasteiger partial charge in [-0.2, -0.15) is 0 Å². The number of aromatic nitrogens is 1. The average Bonchev–Trinajstić information content (AvgIpc) is 2.06. The van der Waals surface area contributed by atoms with Crippen LogP contribution in [-0.2, 0) is 11.2 Å². The van der Waals surface area contributed by atoms with E-state index in [1.807, 2.05) is 24.4 Å². The second kappa shape index (κ2) is 7.73. The van der Waals surface area contributed by atoms with E-state index in [9.17, 15) is 0 Å². The number of carbonyl (C=O) groups is 1. The smallest absolute Gasteiger partial charge is 0.300 e. The van der Waals surface area contributed by atoms with Crippen LogP contribution < -0.4 is 0 Å². The first-order chi connectivity index (χ1) is 6.16. The van der Waals surface area contributed by atoms with Crippen LogP contribution in [0.1, 0.15) is 12.6 Å².